The van der Waals surface area contributed by atoms with Crippen LogP contribution < -0.4 is 10.9 Å². The number of amides is 1. The van der Waals surface area contributed by atoms with Gasteiger partial charge >= 0.3 is 0 Å². The Kier molecular flexibility index (Phi) is 7.66. The van der Waals surface area contributed by atoms with E-state index in [1.165, 1.54) is 18.2 Å². The van der Waals surface area contributed by atoms with Crippen LogP contribution in [0.3, 0.4) is 0 Å². The second-order valence-electron chi connectivity index (χ2n) is 8.27. The maximum atomic E-state index is 12.3. The van der Waals surface area contributed by atoms with Crippen molar-refractivity contribution in [2.24, 2.45) is 18.9 Å². The van der Waals surface area contributed by atoms with Crippen LogP contribution in [0.2, 0.25) is 5.02 Å². The highest BCUT2D eigenvalue weighted by Gasteiger charge is 2.21. The van der Waals surface area contributed by atoms with Gasteiger partial charge in [-0.1, -0.05) is 31.5 Å². The van der Waals surface area contributed by atoms with Crippen molar-refractivity contribution in [1.29, 1.82) is 0 Å². The van der Waals surface area contributed by atoms with Crippen LogP contribution >= 0.6 is 23.4 Å². The third-order valence-corrected chi connectivity index (χ3v) is 6.74. The van der Waals surface area contributed by atoms with Crippen molar-refractivity contribution in [3.05, 3.63) is 39.6 Å². The Hall–Kier alpha value is -1.50. The summed E-state index contributed by atoms with van der Waals surface area (Å²) < 4.78 is 1.58. The van der Waals surface area contributed by atoms with Gasteiger partial charge in [0.2, 0.25) is 5.91 Å². The summed E-state index contributed by atoms with van der Waals surface area (Å²) in [6.45, 7) is 8.67. The summed E-state index contributed by atoms with van der Waals surface area (Å²) in [7, 11) is 1.73. The number of rotatable bonds is 7. The van der Waals surface area contributed by atoms with Crippen LogP contribution in [-0.4, -0.2) is 47.3 Å². The van der Waals surface area contributed by atoms with Crippen molar-refractivity contribution in [3.63, 3.8) is 0 Å². The van der Waals surface area contributed by atoms with Crippen molar-refractivity contribution >= 4 is 40.2 Å². The number of halogens is 1. The van der Waals surface area contributed by atoms with E-state index in [1.54, 1.807) is 29.8 Å². The molecule has 29 heavy (non-hydrogen) atoms. The molecule has 1 aromatic heterocycles. The van der Waals surface area contributed by atoms with Crippen molar-refractivity contribution in [2.75, 3.05) is 31.9 Å². The number of hydrogen-bond acceptors (Lipinski definition) is 4. The lowest BCUT2D eigenvalue weighted by Crippen LogP contribution is -2.40. The molecule has 0 spiro atoms. The second kappa shape index (κ2) is 10.0. The minimum atomic E-state index is -0.104. The third kappa shape index (κ3) is 6.00. The zero-order valence-corrected chi connectivity index (χ0v) is 19.0. The van der Waals surface area contributed by atoms with Crippen LogP contribution in [0.1, 0.15) is 26.7 Å². The van der Waals surface area contributed by atoms with Gasteiger partial charge in [0.1, 0.15) is 0 Å². The molecule has 1 aliphatic rings. The number of likely N-dealkylation sites (tertiary alicyclic amines) is 1. The number of piperidine rings is 1. The Bertz CT molecular complexity index is 920. The first kappa shape index (κ1) is 22.2. The molecule has 0 bridgehead atoms. The first-order valence-corrected chi connectivity index (χ1v) is 11.6. The quantitative estimate of drug-likeness (QED) is 0.531. The van der Waals surface area contributed by atoms with Gasteiger partial charge < -0.3 is 14.8 Å². The Balaban J connectivity index is 1.49. The Morgan fingerprint density at radius 1 is 1.24 bits per heavy atom. The fourth-order valence-corrected chi connectivity index (χ4v) is 5.28. The van der Waals surface area contributed by atoms with E-state index in [2.05, 4.69) is 24.1 Å². The first-order valence-electron chi connectivity index (χ1n) is 10.2. The molecule has 0 unspecified atom stereocenters. The fourth-order valence-electron chi connectivity index (χ4n) is 4.21. The first-order chi connectivity index (χ1) is 13.8. The average molecular weight is 436 g/mol. The molecule has 1 aromatic carbocycles. The predicted molar refractivity (Wildman–Crippen MR) is 122 cm³/mol. The van der Waals surface area contributed by atoms with Gasteiger partial charge in [-0.25, -0.2) is 0 Å². The number of pyridine rings is 1. The lowest BCUT2D eigenvalue weighted by atomic mass is 9.92. The van der Waals surface area contributed by atoms with Gasteiger partial charge in [-0.05, 0) is 43.4 Å². The van der Waals surface area contributed by atoms with Crippen LogP contribution in [0, 0.1) is 11.8 Å². The van der Waals surface area contributed by atoms with Crippen molar-refractivity contribution in [3.8, 4) is 0 Å². The number of nitrogens with zero attached hydrogens (tertiary/aromatic N) is 2. The zero-order valence-electron chi connectivity index (χ0n) is 17.4. The highest BCUT2D eigenvalue weighted by molar-refractivity contribution is 8.00. The number of carbonyl (C=O) groups is 1. The zero-order chi connectivity index (χ0) is 21.0. The van der Waals surface area contributed by atoms with Gasteiger partial charge in [0, 0.05) is 48.1 Å². The van der Waals surface area contributed by atoms with Crippen LogP contribution in [0.5, 0.6) is 0 Å². The summed E-state index contributed by atoms with van der Waals surface area (Å²) in [5.41, 5.74) is 0.672. The lowest BCUT2D eigenvalue weighted by Gasteiger charge is -2.34. The van der Waals surface area contributed by atoms with Crippen LogP contribution in [0.25, 0.3) is 10.9 Å². The molecule has 1 aliphatic heterocycles. The largest absolute Gasteiger partial charge is 0.355 e. The van der Waals surface area contributed by atoms with E-state index in [0.29, 0.717) is 17.3 Å². The molecule has 1 fully saturated rings. The molecule has 3 rings (SSSR count). The minimum Gasteiger partial charge on any atom is -0.355 e. The van der Waals surface area contributed by atoms with E-state index in [1.807, 2.05) is 6.07 Å². The number of benzene rings is 1. The maximum absolute atomic E-state index is 12.3. The minimum absolute atomic E-state index is 0.00169. The predicted octanol–water partition coefficient (Wildman–Crippen LogP) is 3.77. The van der Waals surface area contributed by atoms with Gasteiger partial charge in [0.15, 0.2) is 0 Å². The van der Waals surface area contributed by atoms with Crippen molar-refractivity contribution in [2.45, 2.75) is 31.6 Å². The van der Waals surface area contributed by atoms with Crippen LogP contribution in [-0.2, 0) is 11.8 Å². The molecule has 2 aromatic rings. The molecule has 1 saturated heterocycles. The Morgan fingerprint density at radius 2 is 1.97 bits per heavy atom. The third-order valence-electron chi connectivity index (χ3n) is 5.45. The molecule has 0 radical (unpaired) electrons. The van der Waals surface area contributed by atoms with E-state index in [4.69, 9.17) is 11.6 Å². The van der Waals surface area contributed by atoms with Gasteiger partial charge in [-0.3, -0.25) is 9.59 Å². The molecule has 7 heteroatoms. The van der Waals surface area contributed by atoms with Gasteiger partial charge in [0.25, 0.3) is 5.56 Å². The summed E-state index contributed by atoms with van der Waals surface area (Å²) in [4.78, 5) is 27.8. The normalized spacial score (nSPS) is 20.1. The smallest absolute Gasteiger partial charge is 0.251 e. The van der Waals surface area contributed by atoms with E-state index >= 15 is 0 Å². The highest BCUT2D eigenvalue weighted by atomic mass is 35.5. The highest BCUT2D eigenvalue weighted by Crippen LogP contribution is 2.28. The number of thioether (sulfide) groups is 1. The van der Waals surface area contributed by atoms with E-state index in [9.17, 15) is 9.59 Å². The molecule has 2 heterocycles. The maximum Gasteiger partial charge on any atom is 0.251 e. The summed E-state index contributed by atoms with van der Waals surface area (Å²) in [6, 6.07) is 7.08. The molecule has 0 aliphatic carbocycles. The summed E-state index contributed by atoms with van der Waals surface area (Å²) in [6.07, 6.45) is 2.27. The molecule has 2 atom stereocenters. The molecule has 158 valence electrons. The standard InChI is InChI=1S/C22H30ClN3O2S/c1-15-9-16(2)13-26(12-15)8-4-7-24-21(27)14-29-20-11-22(28)25(3)19-10-17(23)5-6-18(19)20/h5-6,10-11,15-16H,4,7-9,12-14H2,1-3H3,(H,24,27)/t15-,16+. The second-order valence-corrected chi connectivity index (χ2v) is 9.72. The van der Waals surface area contributed by atoms with Gasteiger partial charge in [-0.2, -0.15) is 0 Å². The van der Waals surface area contributed by atoms with Crippen molar-refractivity contribution in [1.82, 2.24) is 14.8 Å². The number of aryl methyl sites for hydroxylation is 1. The summed E-state index contributed by atoms with van der Waals surface area (Å²) >= 11 is 7.47. The topological polar surface area (TPSA) is 54.3 Å². The molecule has 1 N–H and O–H groups in total. The van der Waals surface area contributed by atoms with Crippen LogP contribution in [0.15, 0.2) is 34.0 Å². The van der Waals surface area contributed by atoms with E-state index in [0.717, 1.165) is 53.7 Å². The van der Waals surface area contributed by atoms with Gasteiger partial charge in [-0.15, -0.1) is 11.8 Å². The van der Waals surface area contributed by atoms with E-state index < -0.39 is 0 Å². The molecule has 1 amide bonds. The van der Waals surface area contributed by atoms with Gasteiger partial charge in [0.05, 0.1) is 11.3 Å². The number of hydrogen-bond donors (Lipinski definition) is 1. The lowest BCUT2D eigenvalue weighted by molar-refractivity contribution is -0.118. The fraction of sp³-hybridized carbons (Fsp3) is 0.545. The Labute approximate surface area is 181 Å². The average Bonchev–Trinajstić information content (AvgIpc) is 2.66. The molecule has 5 nitrogen and oxygen atoms in total. The number of carbonyl (C=O) groups excluding carboxylic acids is 1. The molecular weight excluding hydrogens is 406 g/mol. The number of fused-ring (bicyclic) bond motifs is 1. The molecular formula is C22H30ClN3O2S. The van der Waals surface area contributed by atoms with Crippen LogP contribution in [0.4, 0.5) is 0 Å². The number of nitrogens with one attached hydrogen (secondary N) is 1. The summed E-state index contributed by atoms with van der Waals surface area (Å²) in [5, 5.41) is 4.53. The SMILES string of the molecule is C[C@@H]1C[C@H](C)CN(CCCNC(=O)CSc2cc(=O)n(C)c3cc(Cl)ccc23)C1. The molecule has 0 saturated carbocycles. The number of aromatic nitrogens is 1. The van der Waals surface area contributed by atoms with Crippen molar-refractivity contribution < 1.29 is 4.79 Å². The monoisotopic (exact) mass is 435 g/mol. The summed E-state index contributed by atoms with van der Waals surface area (Å²) in [5.74, 6) is 1.81. The van der Waals surface area contributed by atoms with E-state index in [-0.39, 0.29) is 11.5 Å². The Morgan fingerprint density at radius 3 is 2.69 bits per heavy atom.